The molecule has 1 atom stereocenters. The average Bonchev–Trinajstić information content (AvgIpc) is 2.61. The number of amides is 2. The minimum atomic E-state index is -0.649. The molecule has 0 bridgehead atoms. The Kier molecular flexibility index (Phi) is 6.38. The lowest BCUT2D eigenvalue weighted by Crippen LogP contribution is -2.53. The predicted octanol–water partition coefficient (Wildman–Crippen LogP) is 1.20. The molecule has 0 radical (unpaired) electrons. The second kappa shape index (κ2) is 8.50. The van der Waals surface area contributed by atoms with Crippen molar-refractivity contribution >= 4 is 17.6 Å². The first kappa shape index (κ1) is 18.8. The van der Waals surface area contributed by atoms with Crippen molar-refractivity contribution in [2.24, 2.45) is 0 Å². The Hall–Kier alpha value is -2.57. The summed E-state index contributed by atoms with van der Waals surface area (Å²) in [4.78, 5) is 38.8. The number of carbonyl (C=O) groups is 3. The number of nitrogens with zero attached hydrogens (tertiary/aromatic N) is 2. The highest BCUT2D eigenvalue weighted by atomic mass is 16.5. The van der Waals surface area contributed by atoms with Gasteiger partial charge in [0.25, 0.3) is 5.91 Å². The van der Waals surface area contributed by atoms with Gasteiger partial charge in [-0.05, 0) is 38.1 Å². The van der Waals surface area contributed by atoms with Crippen molar-refractivity contribution in [3.8, 4) is 11.5 Å². The number of benzene rings is 1. The molecule has 2 amide bonds. The average molecular weight is 348 g/mol. The first-order valence-electron chi connectivity index (χ1n) is 8.38. The van der Waals surface area contributed by atoms with Crippen molar-refractivity contribution < 1.29 is 24.2 Å². The molecule has 1 aromatic carbocycles. The summed E-state index contributed by atoms with van der Waals surface area (Å²) in [6, 6.07) is 6.20. The maximum Gasteiger partial charge on any atom is 0.263 e. The van der Waals surface area contributed by atoms with Crippen molar-refractivity contribution in [3.63, 3.8) is 0 Å². The molecule has 1 aliphatic rings. The van der Waals surface area contributed by atoms with Crippen LogP contribution < -0.4 is 4.74 Å². The number of ketones is 1. The standard InChI is InChI=1S/C18H24N2O5/c1-13(21)3-8-17(23)19-9-11-20(12-10-19)18(24)14(2)25-16-6-4-15(22)5-7-16/h4-7,14,22H,3,8-12H2,1-2H3. The van der Waals surface area contributed by atoms with Crippen molar-refractivity contribution in [1.82, 2.24) is 9.80 Å². The Morgan fingerprint density at radius 2 is 1.60 bits per heavy atom. The Morgan fingerprint density at radius 1 is 1.04 bits per heavy atom. The number of hydrogen-bond acceptors (Lipinski definition) is 5. The van der Waals surface area contributed by atoms with Crippen molar-refractivity contribution in [2.75, 3.05) is 26.2 Å². The van der Waals surface area contributed by atoms with Crippen LogP contribution in [0.1, 0.15) is 26.7 Å². The van der Waals surface area contributed by atoms with E-state index in [1.165, 1.54) is 19.1 Å². The van der Waals surface area contributed by atoms with Crippen LogP contribution in [0.3, 0.4) is 0 Å². The number of piperazine rings is 1. The second-order valence-electron chi connectivity index (χ2n) is 6.16. The van der Waals surface area contributed by atoms with Gasteiger partial charge >= 0.3 is 0 Å². The maximum absolute atomic E-state index is 12.5. The van der Waals surface area contributed by atoms with Crippen LogP contribution in [0.4, 0.5) is 0 Å². The van der Waals surface area contributed by atoms with Gasteiger partial charge in [-0.3, -0.25) is 9.59 Å². The van der Waals surface area contributed by atoms with E-state index in [2.05, 4.69) is 0 Å². The Balaban J connectivity index is 1.80. The molecule has 7 heteroatoms. The molecule has 1 heterocycles. The van der Waals surface area contributed by atoms with Gasteiger partial charge in [0.05, 0.1) is 0 Å². The molecule has 1 unspecified atom stereocenters. The second-order valence-corrected chi connectivity index (χ2v) is 6.16. The lowest BCUT2D eigenvalue weighted by Gasteiger charge is -2.36. The highest BCUT2D eigenvalue weighted by Crippen LogP contribution is 2.18. The first-order chi connectivity index (χ1) is 11.9. The zero-order valence-electron chi connectivity index (χ0n) is 14.6. The molecule has 1 fully saturated rings. The predicted molar refractivity (Wildman–Crippen MR) is 91.3 cm³/mol. The van der Waals surface area contributed by atoms with Gasteiger partial charge < -0.3 is 24.4 Å². The Labute approximate surface area is 147 Å². The summed E-state index contributed by atoms with van der Waals surface area (Å²) in [5, 5.41) is 9.26. The third kappa shape index (κ3) is 5.48. The topological polar surface area (TPSA) is 87.2 Å². The van der Waals surface area contributed by atoms with E-state index in [-0.39, 0.29) is 36.2 Å². The van der Waals surface area contributed by atoms with Crippen LogP contribution in [0, 0.1) is 0 Å². The number of carbonyl (C=O) groups excluding carboxylic acids is 3. The van der Waals surface area contributed by atoms with E-state index in [0.29, 0.717) is 31.9 Å². The van der Waals surface area contributed by atoms with Crippen LogP contribution in [0.2, 0.25) is 0 Å². The largest absolute Gasteiger partial charge is 0.508 e. The van der Waals surface area contributed by atoms with Crippen LogP contribution in [-0.2, 0) is 14.4 Å². The lowest BCUT2D eigenvalue weighted by molar-refractivity contribution is -0.143. The highest BCUT2D eigenvalue weighted by Gasteiger charge is 2.27. The number of phenols is 1. The molecule has 2 rings (SSSR count). The molecule has 0 saturated carbocycles. The van der Waals surface area contributed by atoms with Gasteiger partial charge in [0.2, 0.25) is 5.91 Å². The number of rotatable bonds is 6. The minimum Gasteiger partial charge on any atom is -0.508 e. The SMILES string of the molecule is CC(=O)CCC(=O)N1CCN(C(=O)C(C)Oc2ccc(O)cc2)CC1. The van der Waals surface area contributed by atoms with Crippen molar-refractivity contribution in [1.29, 1.82) is 0 Å². The molecule has 136 valence electrons. The van der Waals surface area contributed by atoms with Gasteiger partial charge in [0, 0.05) is 39.0 Å². The fourth-order valence-corrected chi connectivity index (χ4v) is 2.65. The zero-order valence-corrected chi connectivity index (χ0v) is 14.6. The summed E-state index contributed by atoms with van der Waals surface area (Å²) < 4.78 is 5.60. The first-order valence-corrected chi connectivity index (χ1v) is 8.38. The quantitative estimate of drug-likeness (QED) is 0.835. The lowest BCUT2D eigenvalue weighted by atomic mass is 10.2. The number of aromatic hydroxyl groups is 1. The summed E-state index contributed by atoms with van der Waals surface area (Å²) in [6.45, 7) is 4.99. The van der Waals surface area contributed by atoms with Gasteiger partial charge in [-0.2, -0.15) is 0 Å². The third-order valence-electron chi connectivity index (χ3n) is 4.13. The van der Waals surface area contributed by atoms with Crippen LogP contribution in [0.15, 0.2) is 24.3 Å². The molecule has 0 aliphatic carbocycles. The van der Waals surface area contributed by atoms with Gasteiger partial charge in [0.15, 0.2) is 6.10 Å². The molecular formula is C18H24N2O5. The summed E-state index contributed by atoms with van der Waals surface area (Å²) in [6.07, 6.45) is -0.163. The molecule has 0 spiro atoms. The zero-order chi connectivity index (χ0) is 18.4. The van der Waals surface area contributed by atoms with E-state index in [9.17, 15) is 19.5 Å². The van der Waals surface area contributed by atoms with Gasteiger partial charge in [0.1, 0.15) is 17.3 Å². The maximum atomic E-state index is 12.5. The van der Waals surface area contributed by atoms with E-state index in [1.54, 1.807) is 28.9 Å². The fraction of sp³-hybridized carbons (Fsp3) is 0.500. The normalized spacial score (nSPS) is 15.6. The summed E-state index contributed by atoms with van der Waals surface area (Å²) >= 11 is 0. The Morgan fingerprint density at radius 3 is 2.16 bits per heavy atom. The summed E-state index contributed by atoms with van der Waals surface area (Å²) in [5.74, 6) is 0.468. The molecule has 1 saturated heterocycles. The smallest absolute Gasteiger partial charge is 0.263 e. The number of ether oxygens (including phenoxy) is 1. The Bertz CT molecular complexity index is 621. The third-order valence-corrected chi connectivity index (χ3v) is 4.13. The molecule has 1 N–H and O–H groups in total. The van der Waals surface area contributed by atoms with E-state index in [4.69, 9.17) is 4.74 Å². The minimum absolute atomic E-state index is 0.00219. The number of hydrogen-bond donors (Lipinski definition) is 1. The molecular weight excluding hydrogens is 324 g/mol. The van der Waals surface area contributed by atoms with Gasteiger partial charge in [-0.1, -0.05) is 0 Å². The number of Topliss-reactive ketones (excluding diaryl/α,β-unsaturated/α-hetero) is 1. The molecule has 25 heavy (non-hydrogen) atoms. The van der Waals surface area contributed by atoms with E-state index < -0.39 is 6.10 Å². The molecule has 7 nitrogen and oxygen atoms in total. The van der Waals surface area contributed by atoms with E-state index in [0.717, 1.165) is 0 Å². The number of phenolic OH excluding ortho intramolecular Hbond substituents is 1. The molecule has 1 aliphatic heterocycles. The van der Waals surface area contributed by atoms with Gasteiger partial charge in [-0.15, -0.1) is 0 Å². The highest BCUT2D eigenvalue weighted by molar-refractivity contribution is 5.84. The van der Waals surface area contributed by atoms with Crippen molar-refractivity contribution in [2.45, 2.75) is 32.8 Å². The summed E-state index contributed by atoms with van der Waals surface area (Å²) in [5.41, 5.74) is 0. The summed E-state index contributed by atoms with van der Waals surface area (Å²) in [7, 11) is 0. The van der Waals surface area contributed by atoms with Crippen LogP contribution in [0.5, 0.6) is 11.5 Å². The monoisotopic (exact) mass is 348 g/mol. The fourth-order valence-electron chi connectivity index (χ4n) is 2.65. The van der Waals surface area contributed by atoms with Gasteiger partial charge in [-0.25, -0.2) is 0 Å². The van der Waals surface area contributed by atoms with E-state index >= 15 is 0 Å². The van der Waals surface area contributed by atoms with Crippen molar-refractivity contribution in [3.05, 3.63) is 24.3 Å². The molecule has 0 aromatic heterocycles. The molecule has 1 aromatic rings. The van der Waals surface area contributed by atoms with Crippen LogP contribution >= 0.6 is 0 Å². The van der Waals surface area contributed by atoms with Crippen LogP contribution in [-0.4, -0.2) is 64.8 Å². The van der Waals surface area contributed by atoms with E-state index in [1.807, 2.05) is 0 Å². The van der Waals surface area contributed by atoms with Crippen LogP contribution in [0.25, 0.3) is 0 Å².